The van der Waals surface area contributed by atoms with Gasteiger partial charge in [-0.3, -0.25) is 0 Å². The van der Waals surface area contributed by atoms with Crippen LogP contribution in [0.5, 0.6) is 0 Å². The Bertz CT molecular complexity index is 541. The summed E-state index contributed by atoms with van der Waals surface area (Å²) in [6.07, 6.45) is -6.98. The molecule has 0 bridgehead atoms. The van der Waals surface area contributed by atoms with Crippen LogP contribution in [0.2, 0.25) is 0 Å². The molecule has 0 spiro atoms. The second kappa shape index (κ2) is 10.4. The van der Waals surface area contributed by atoms with Gasteiger partial charge in [0.15, 0.2) is 0 Å². The predicted molar refractivity (Wildman–Crippen MR) is 90.3 cm³/mol. The molecular formula is C17H24F6O3Si. The van der Waals surface area contributed by atoms with Crippen LogP contribution < -0.4 is 0 Å². The summed E-state index contributed by atoms with van der Waals surface area (Å²) in [4.78, 5) is 0. The molecule has 1 unspecified atom stereocenters. The van der Waals surface area contributed by atoms with Gasteiger partial charge in [-0.1, -0.05) is 12.8 Å². The Morgan fingerprint density at radius 3 is 1.81 bits per heavy atom. The van der Waals surface area contributed by atoms with Crippen LogP contribution in [0, 0.1) is 0 Å². The SMILES string of the molecule is CO[SiH](OC)OC(C)CCCCCc1cc(C(F)(F)F)cc(C(F)(F)F)c1. The van der Waals surface area contributed by atoms with E-state index in [0.717, 1.165) is 18.6 Å². The van der Waals surface area contributed by atoms with Crippen molar-refractivity contribution in [2.24, 2.45) is 0 Å². The molecule has 0 aromatic heterocycles. The van der Waals surface area contributed by atoms with Gasteiger partial charge in [0.05, 0.1) is 11.1 Å². The van der Waals surface area contributed by atoms with Crippen molar-refractivity contribution >= 4 is 9.53 Å². The van der Waals surface area contributed by atoms with Crippen molar-refractivity contribution in [3.8, 4) is 0 Å². The quantitative estimate of drug-likeness (QED) is 0.295. The van der Waals surface area contributed by atoms with Crippen LogP contribution in [0.4, 0.5) is 26.3 Å². The molecule has 0 saturated carbocycles. The standard InChI is InChI=1S/C17H24F6O3Si/c1-12(26-27(24-2)25-3)7-5-4-6-8-13-9-14(16(18,19)20)11-15(10-13)17(21,22)23/h9-12,27H,4-8H2,1-3H3. The van der Waals surface area contributed by atoms with Gasteiger partial charge < -0.3 is 13.3 Å². The molecule has 0 aliphatic carbocycles. The van der Waals surface area contributed by atoms with Gasteiger partial charge in [-0.05, 0) is 49.9 Å². The van der Waals surface area contributed by atoms with Gasteiger partial charge in [0.2, 0.25) is 0 Å². The molecule has 0 heterocycles. The van der Waals surface area contributed by atoms with E-state index >= 15 is 0 Å². The number of unbranched alkanes of at least 4 members (excludes halogenated alkanes) is 2. The summed E-state index contributed by atoms with van der Waals surface area (Å²) in [6, 6.07) is 1.72. The first-order valence-electron chi connectivity index (χ1n) is 8.46. The second-order valence-electron chi connectivity index (χ2n) is 6.22. The number of aryl methyl sites for hydroxylation is 1. The fraction of sp³-hybridized carbons (Fsp3) is 0.647. The molecule has 0 radical (unpaired) electrons. The number of hydrogen-bond donors (Lipinski definition) is 0. The van der Waals surface area contributed by atoms with Gasteiger partial charge in [-0.15, -0.1) is 0 Å². The van der Waals surface area contributed by atoms with E-state index < -0.39 is 33.0 Å². The van der Waals surface area contributed by atoms with Crippen molar-refractivity contribution in [2.75, 3.05) is 14.2 Å². The number of alkyl halides is 6. The molecule has 27 heavy (non-hydrogen) atoms. The van der Waals surface area contributed by atoms with Gasteiger partial charge in [0.1, 0.15) is 0 Å². The maximum Gasteiger partial charge on any atom is 0.483 e. The van der Waals surface area contributed by atoms with Gasteiger partial charge in [0.25, 0.3) is 0 Å². The smallest absolute Gasteiger partial charge is 0.379 e. The lowest BCUT2D eigenvalue weighted by atomic mass is 10.00. The number of benzene rings is 1. The molecule has 1 rings (SSSR count). The predicted octanol–water partition coefficient (Wildman–Crippen LogP) is 5.24. The molecule has 1 aromatic rings. The Morgan fingerprint density at radius 1 is 0.852 bits per heavy atom. The van der Waals surface area contributed by atoms with Crippen LogP contribution in [0.15, 0.2) is 18.2 Å². The zero-order valence-electron chi connectivity index (χ0n) is 15.4. The minimum atomic E-state index is -4.81. The summed E-state index contributed by atoms with van der Waals surface area (Å²) in [7, 11) is 0.880. The van der Waals surface area contributed by atoms with Gasteiger partial charge in [0, 0.05) is 20.3 Å². The molecule has 3 nitrogen and oxygen atoms in total. The lowest BCUT2D eigenvalue weighted by Crippen LogP contribution is -2.28. The molecule has 0 fully saturated rings. The van der Waals surface area contributed by atoms with E-state index in [1.807, 2.05) is 6.92 Å². The molecule has 0 N–H and O–H groups in total. The van der Waals surface area contributed by atoms with Crippen molar-refractivity contribution in [3.63, 3.8) is 0 Å². The second-order valence-corrected chi connectivity index (χ2v) is 8.01. The first-order chi connectivity index (χ1) is 12.5. The van der Waals surface area contributed by atoms with E-state index in [1.54, 1.807) is 0 Å². The fourth-order valence-electron chi connectivity index (χ4n) is 2.57. The summed E-state index contributed by atoms with van der Waals surface area (Å²) < 4.78 is 92.6. The first-order valence-corrected chi connectivity index (χ1v) is 9.88. The number of hydrogen-bond acceptors (Lipinski definition) is 3. The highest BCUT2D eigenvalue weighted by molar-refractivity contribution is 6.36. The molecule has 0 saturated heterocycles. The summed E-state index contributed by atoms with van der Waals surface area (Å²) in [6.45, 7) is 1.86. The Kier molecular flexibility index (Phi) is 9.26. The highest BCUT2D eigenvalue weighted by atomic mass is 28.3. The normalized spacial score (nSPS) is 14.0. The molecule has 0 aliphatic heterocycles. The molecule has 156 valence electrons. The van der Waals surface area contributed by atoms with Crippen LogP contribution in [-0.2, 0) is 32.1 Å². The average molecular weight is 418 g/mol. The van der Waals surface area contributed by atoms with Crippen molar-refractivity contribution in [2.45, 2.75) is 57.5 Å². The van der Waals surface area contributed by atoms with Crippen LogP contribution in [0.3, 0.4) is 0 Å². The van der Waals surface area contributed by atoms with Crippen molar-refractivity contribution in [3.05, 3.63) is 34.9 Å². The molecule has 0 amide bonds. The van der Waals surface area contributed by atoms with E-state index in [4.69, 9.17) is 13.3 Å². The summed E-state index contributed by atoms with van der Waals surface area (Å²) in [5.41, 5.74) is -2.51. The van der Waals surface area contributed by atoms with Gasteiger partial charge in [-0.25, -0.2) is 0 Å². The third-order valence-electron chi connectivity index (χ3n) is 3.95. The highest BCUT2D eigenvalue weighted by Crippen LogP contribution is 2.36. The minimum absolute atomic E-state index is 0.0349. The van der Waals surface area contributed by atoms with Gasteiger partial charge >= 0.3 is 21.9 Å². The molecule has 0 aliphatic rings. The van der Waals surface area contributed by atoms with E-state index in [9.17, 15) is 26.3 Å². The maximum absolute atomic E-state index is 12.8. The Morgan fingerprint density at radius 2 is 1.37 bits per heavy atom. The maximum atomic E-state index is 12.8. The van der Waals surface area contributed by atoms with Crippen LogP contribution >= 0.6 is 0 Å². The van der Waals surface area contributed by atoms with Gasteiger partial charge in [-0.2, -0.15) is 26.3 Å². The lowest BCUT2D eigenvalue weighted by Gasteiger charge is -2.18. The molecular weight excluding hydrogens is 394 g/mol. The Balaban J connectivity index is 2.57. The molecule has 1 atom stereocenters. The van der Waals surface area contributed by atoms with Crippen LogP contribution in [-0.4, -0.2) is 29.9 Å². The van der Waals surface area contributed by atoms with Crippen LogP contribution in [0.1, 0.15) is 49.3 Å². The van der Waals surface area contributed by atoms with Crippen LogP contribution in [0.25, 0.3) is 0 Å². The average Bonchev–Trinajstić information content (AvgIpc) is 2.57. The third-order valence-corrected chi connectivity index (χ3v) is 5.41. The van der Waals surface area contributed by atoms with E-state index in [1.165, 1.54) is 14.2 Å². The summed E-state index contributed by atoms with van der Waals surface area (Å²) in [5.74, 6) is 0. The zero-order valence-corrected chi connectivity index (χ0v) is 16.6. The minimum Gasteiger partial charge on any atom is -0.379 e. The van der Waals surface area contributed by atoms with E-state index in [0.29, 0.717) is 19.3 Å². The first kappa shape index (κ1) is 23.9. The molecule has 1 aromatic carbocycles. The third kappa shape index (κ3) is 8.63. The highest BCUT2D eigenvalue weighted by Gasteiger charge is 2.36. The Hall–Kier alpha value is -1.10. The van der Waals surface area contributed by atoms with E-state index in [-0.39, 0.29) is 24.2 Å². The topological polar surface area (TPSA) is 27.7 Å². The molecule has 10 heteroatoms. The summed E-state index contributed by atoms with van der Waals surface area (Å²) in [5, 5.41) is 0. The monoisotopic (exact) mass is 418 g/mol. The summed E-state index contributed by atoms with van der Waals surface area (Å²) >= 11 is 0. The van der Waals surface area contributed by atoms with Crippen molar-refractivity contribution in [1.82, 2.24) is 0 Å². The van der Waals surface area contributed by atoms with E-state index in [2.05, 4.69) is 0 Å². The zero-order chi connectivity index (χ0) is 20.7. The number of rotatable bonds is 10. The largest absolute Gasteiger partial charge is 0.483 e. The lowest BCUT2D eigenvalue weighted by molar-refractivity contribution is -0.143. The van der Waals surface area contributed by atoms with Crippen molar-refractivity contribution < 1.29 is 39.6 Å². The Labute approximate surface area is 156 Å². The fourth-order valence-corrected chi connectivity index (χ4v) is 3.50. The van der Waals surface area contributed by atoms with Crippen molar-refractivity contribution in [1.29, 1.82) is 0 Å². The number of halogens is 6.